The molecule has 0 aliphatic heterocycles. The summed E-state index contributed by atoms with van der Waals surface area (Å²) in [4.78, 5) is 14.1. The summed E-state index contributed by atoms with van der Waals surface area (Å²) < 4.78 is 13.2. The van der Waals surface area contributed by atoms with E-state index in [4.69, 9.17) is 5.73 Å². The highest BCUT2D eigenvalue weighted by Crippen LogP contribution is 2.21. The summed E-state index contributed by atoms with van der Waals surface area (Å²) in [6.07, 6.45) is 0. The topological polar surface area (TPSA) is 46.3 Å². The summed E-state index contributed by atoms with van der Waals surface area (Å²) in [6.45, 7) is 2.19. The molecular formula is C18H21FN2O. The van der Waals surface area contributed by atoms with Crippen LogP contribution in [0.1, 0.15) is 24.1 Å². The highest BCUT2D eigenvalue weighted by molar-refractivity contribution is 5.79. The van der Waals surface area contributed by atoms with E-state index in [1.807, 2.05) is 37.3 Å². The van der Waals surface area contributed by atoms with Crippen LogP contribution in [0.4, 0.5) is 4.39 Å². The van der Waals surface area contributed by atoms with E-state index in [1.165, 1.54) is 12.1 Å². The predicted molar refractivity (Wildman–Crippen MR) is 85.4 cm³/mol. The van der Waals surface area contributed by atoms with Gasteiger partial charge in [0, 0.05) is 19.6 Å². The first kappa shape index (κ1) is 16.2. The van der Waals surface area contributed by atoms with Crippen LogP contribution in [0.2, 0.25) is 0 Å². The Labute approximate surface area is 130 Å². The molecule has 2 rings (SSSR count). The normalized spacial score (nSPS) is 13.5. The lowest BCUT2D eigenvalue weighted by molar-refractivity contribution is -0.134. The Balaban J connectivity index is 2.03. The zero-order chi connectivity index (χ0) is 16.1. The smallest absolute Gasteiger partial charge is 0.227 e. The van der Waals surface area contributed by atoms with Crippen molar-refractivity contribution < 1.29 is 9.18 Å². The van der Waals surface area contributed by atoms with Gasteiger partial charge < -0.3 is 10.6 Å². The zero-order valence-electron chi connectivity index (χ0n) is 12.9. The third kappa shape index (κ3) is 3.92. The standard InChI is InChI=1S/C18H21FN2O/c1-13(17(20)15-8-4-3-5-9-15)18(22)21(2)12-14-7-6-10-16(19)11-14/h3-11,13,17H,12,20H2,1-2H3. The molecule has 2 N–H and O–H groups in total. The van der Waals surface area contributed by atoms with Crippen molar-refractivity contribution >= 4 is 5.91 Å². The Morgan fingerprint density at radius 2 is 1.86 bits per heavy atom. The summed E-state index contributed by atoms with van der Waals surface area (Å²) in [6, 6.07) is 15.5. The Bertz CT molecular complexity index is 630. The van der Waals surface area contributed by atoms with Gasteiger partial charge in [0.05, 0.1) is 5.92 Å². The first-order valence-corrected chi connectivity index (χ1v) is 7.29. The molecule has 22 heavy (non-hydrogen) atoms. The molecule has 2 atom stereocenters. The molecule has 0 aliphatic carbocycles. The molecule has 0 spiro atoms. The van der Waals surface area contributed by atoms with Gasteiger partial charge in [-0.3, -0.25) is 4.79 Å². The average molecular weight is 300 g/mol. The molecule has 2 aromatic carbocycles. The van der Waals surface area contributed by atoms with E-state index in [9.17, 15) is 9.18 Å². The van der Waals surface area contributed by atoms with Gasteiger partial charge in [0.2, 0.25) is 5.91 Å². The number of hydrogen-bond acceptors (Lipinski definition) is 2. The minimum atomic E-state index is -0.358. The lowest BCUT2D eigenvalue weighted by atomic mass is 9.94. The molecule has 0 radical (unpaired) electrons. The van der Waals surface area contributed by atoms with Gasteiger partial charge in [-0.05, 0) is 23.3 Å². The number of nitrogens with two attached hydrogens (primary N) is 1. The molecule has 0 bridgehead atoms. The number of halogens is 1. The molecule has 0 aromatic heterocycles. The average Bonchev–Trinajstić information content (AvgIpc) is 2.53. The van der Waals surface area contributed by atoms with Crippen LogP contribution in [0.15, 0.2) is 54.6 Å². The van der Waals surface area contributed by atoms with E-state index in [0.29, 0.717) is 6.54 Å². The Morgan fingerprint density at radius 1 is 1.18 bits per heavy atom. The number of nitrogens with zero attached hydrogens (tertiary/aromatic N) is 1. The molecule has 0 aliphatic rings. The lowest BCUT2D eigenvalue weighted by Crippen LogP contribution is -2.36. The van der Waals surface area contributed by atoms with Gasteiger partial charge in [0.15, 0.2) is 0 Å². The van der Waals surface area contributed by atoms with Crippen LogP contribution in [-0.4, -0.2) is 17.9 Å². The first-order valence-electron chi connectivity index (χ1n) is 7.29. The Morgan fingerprint density at radius 3 is 2.50 bits per heavy atom. The van der Waals surface area contributed by atoms with Crippen molar-refractivity contribution in [3.63, 3.8) is 0 Å². The third-order valence-electron chi connectivity index (χ3n) is 3.80. The van der Waals surface area contributed by atoms with Gasteiger partial charge in [-0.15, -0.1) is 0 Å². The van der Waals surface area contributed by atoms with Crippen LogP contribution in [-0.2, 0) is 11.3 Å². The molecule has 116 valence electrons. The Hall–Kier alpha value is -2.20. The maximum atomic E-state index is 13.2. The van der Waals surface area contributed by atoms with Crippen LogP contribution in [0, 0.1) is 11.7 Å². The van der Waals surface area contributed by atoms with Crippen molar-refractivity contribution in [3.8, 4) is 0 Å². The van der Waals surface area contributed by atoms with E-state index in [0.717, 1.165) is 11.1 Å². The maximum Gasteiger partial charge on any atom is 0.227 e. The molecule has 4 heteroatoms. The van der Waals surface area contributed by atoms with Gasteiger partial charge in [-0.2, -0.15) is 0 Å². The third-order valence-corrected chi connectivity index (χ3v) is 3.80. The van der Waals surface area contributed by atoms with Crippen molar-refractivity contribution in [1.29, 1.82) is 0 Å². The summed E-state index contributed by atoms with van der Waals surface area (Å²) in [5, 5.41) is 0. The molecule has 1 amide bonds. The van der Waals surface area contributed by atoms with E-state index < -0.39 is 0 Å². The second-order valence-corrected chi connectivity index (χ2v) is 5.55. The number of amides is 1. The SMILES string of the molecule is CC(C(=O)N(C)Cc1cccc(F)c1)C(N)c1ccccc1. The van der Waals surface area contributed by atoms with Crippen LogP contribution >= 0.6 is 0 Å². The minimum absolute atomic E-state index is 0.0550. The molecule has 0 saturated heterocycles. The largest absolute Gasteiger partial charge is 0.341 e. The molecule has 2 unspecified atom stereocenters. The lowest BCUT2D eigenvalue weighted by Gasteiger charge is -2.25. The van der Waals surface area contributed by atoms with Crippen LogP contribution in [0.5, 0.6) is 0 Å². The summed E-state index contributed by atoms with van der Waals surface area (Å²) in [7, 11) is 1.71. The fraction of sp³-hybridized carbons (Fsp3) is 0.278. The van der Waals surface area contributed by atoms with Crippen molar-refractivity contribution in [2.24, 2.45) is 11.7 Å². The number of carbonyl (C=O) groups excluding carboxylic acids is 1. The highest BCUT2D eigenvalue weighted by Gasteiger charge is 2.24. The minimum Gasteiger partial charge on any atom is -0.341 e. The summed E-state index contributed by atoms with van der Waals surface area (Å²) in [5.41, 5.74) is 7.88. The van der Waals surface area contributed by atoms with Crippen LogP contribution in [0.3, 0.4) is 0 Å². The van der Waals surface area contributed by atoms with Gasteiger partial charge in [0.1, 0.15) is 5.82 Å². The Kier molecular flexibility index (Phi) is 5.28. The van der Waals surface area contributed by atoms with Gasteiger partial charge in [0.25, 0.3) is 0 Å². The van der Waals surface area contributed by atoms with Gasteiger partial charge >= 0.3 is 0 Å². The highest BCUT2D eigenvalue weighted by atomic mass is 19.1. The van der Waals surface area contributed by atoms with Crippen molar-refractivity contribution in [1.82, 2.24) is 4.90 Å². The maximum absolute atomic E-state index is 13.2. The van der Waals surface area contributed by atoms with Crippen LogP contribution in [0.25, 0.3) is 0 Å². The molecular weight excluding hydrogens is 279 g/mol. The zero-order valence-corrected chi connectivity index (χ0v) is 12.9. The quantitative estimate of drug-likeness (QED) is 0.922. The number of benzene rings is 2. The second kappa shape index (κ2) is 7.18. The fourth-order valence-corrected chi connectivity index (χ4v) is 2.45. The van der Waals surface area contributed by atoms with Crippen LogP contribution < -0.4 is 5.73 Å². The second-order valence-electron chi connectivity index (χ2n) is 5.55. The number of rotatable bonds is 5. The van der Waals surface area contributed by atoms with Crippen molar-refractivity contribution in [2.75, 3.05) is 7.05 Å². The number of hydrogen-bond donors (Lipinski definition) is 1. The van der Waals surface area contributed by atoms with Crippen molar-refractivity contribution in [2.45, 2.75) is 19.5 Å². The van der Waals surface area contributed by atoms with E-state index >= 15 is 0 Å². The van der Waals surface area contributed by atoms with Crippen molar-refractivity contribution in [3.05, 3.63) is 71.5 Å². The van der Waals surface area contributed by atoms with E-state index in [-0.39, 0.29) is 23.7 Å². The summed E-state index contributed by atoms with van der Waals surface area (Å²) >= 11 is 0. The van der Waals surface area contributed by atoms with E-state index in [2.05, 4.69) is 0 Å². The molecule has 0 saturated carbocycles. The molecule has 2 aromatic rings. The van der Waals surface area contributed by atoms with E-state index in [1.54, 1.807) is 24.1 Å². The van der Waals surface area contributed by atoms with Gasteiger partial charge in [-0.1, -0.05) is 49.4 Å². The number of carbonyl (C=O) groups is 1. The summed E-state index contributed by atoms with van der Waals surface area (Å²) in [5.74, 6) is -0.700. The monoisotopic (exact) mass is 300 g/mol. The molecule has 0 heterocycles. The fourth-order valence-electron chi connectivity index (χ4n) is 2.45. The molecule has 0 fully saturated rings. The molecule has 3 nitrogen and oxygen atoms in total. The van der Waals surface area contributed by atoms with Gasteiger partial charge in [-0.25, -0.2) is 4.39 Å². The predicted octanol–water partition coefficient (Wildman–Crippen LogP) is 3.12. The first-order chi connectivity index (χ1) is 10.5.